The molecule has 2 N–H and O–H groups in total. The Bertz CT molecular complexity index is 2930. The van der Waals surface area contributed by atoms with Crippen LogP contribution in [-0.4, -0.2) is 9.13 Å². The number of rotatable bonds is 6. The number of fused-ring (bicyclic) bond motifs is 6. The molecule has 0 fully saturated rings. The van der Waals surface area contributed by atoms with Crippen molar-refractivity contribution in [3.63, 3.8) is 0 Å². The van der Waals surface area contributed by atoms with Gasteiger partial charge in [0, 0.05) is 38.6 Å². The van der Waals surface area contributed by atoms with E-state index in [4.69, 9.17) is 5.73 Å². The summed E-state index contributed by atoms with van der Waals surface area (Å²) >= 11 is 0. The fourth-order valence-corrected chi connectivity index (χ4v) is 7.72. The minimum absolute atomic E-state index is 0.837. The van der Waals surface area contributed by atoms with Gasteiger partial charge in [0.05, 0.1) is 22.1 Å². The summed E-state index contributed by atoms with van der Waals surface area (Å²) in [5, 5.41) is 5.09. The van der Waals surface area contributed by atoms with Gasteiger partial charge < -0.3 is 14.9 Å². The van der Waals surface area contributed by atoms with Gasteiger partial charge in [0.15, 0.2) is 0 Å². The van der Waals surface area contributed by atoms with Crippen molar-refractivity contribution in [1.29, 1.82) is 0 Å². The van der Waals surface area contributed by atoms with Gasteiger partial charge in [-0.1, -0.05) is 171 Å². The van der Waals surface area contributed by atoms with E-state index < -0.39 is 0 Å². The summed E-state index contributed by atoms with van der Waals surface area (Å²) in [7, 11) is 0. The van der Waals surface area contributed by atoms with E-state index >= 15 is 0 Å². The van der Waals surface area contributed by atoms with E-state index in [9.17, 15) is 0 Å². The molecule has 0 aliphatic heterocycles. The summed E-state index contributed by atoms with van der Waals surface area (Å²) in [6, 6.07) is 71.0. The summed E-state index contributed by atoms with van der Waals surface area (Å²) in [6.45, 7) is 6.14. The Morgan fingerprint density at radius 2 is 0.912 bits per heavy atom. The average molecular weight is 738 g/mol. The monoisotopic (exact) mass is 737 g/mol. The molecule has 2 aromatic heterocycles. The molecule has 0 unspecified atom stereocenters. The van der Waals surface area contributed by atoms with E-state index in [0.29, 0.717) is 0 Å². The van der Waals surface area contributed by atoms with E-state index in [1.54, 1.807) is 0 Å². The Labute approximate surface area is 335 Å². The smallest absolute Gasteiger partial charge is 0.0547 e. The fraction of sp³-hybridized carbons (Fsp3) is 0.0741. The predicted octanol–water partition coefficient (Wildman–Crippen LogP) is 14.1. The van der Waals surface area contributed by atoms with Crippen LogP contribution in [0, 0.1) is 6.92 Å². The highest BCUT2D eigenvalue weighted by Gasteiger charge is 2.16. The van der Waals surface area contributed by atoms with Gasteiger partial charge in [-0.15, -0.1) is 0 Å². The van der Waals surface area contributed by atoms with Crippen molar-refractivity contribution >= 4 is 49.3 Å². The molecule has 0 spiro atoms. The topological polar surface area (TPSA) is 35.9 Å². The maximum atomic E-state index is 6.00. The Morgan fingerprint density at radius 1 is 0.439 bits per heavy atom. The van der Waals surface area contributed by atoms with Crippen molar-refractivity contribution in [2.24, 2.45) is 5.73 Å². The van der Waals surface area contributed by atoms with Crippen LogP contribution in [-0.2, 0) is 6.42 Å². The zero-order chi connectivity index (χ0) is 39.1. The minimum Gasteiger partial charge on any atom is -0.398 e. The highest BCUT2D eigenvalue weighted by Crippen LogP contribution is 2.38. The van der Waals surface area contributed by atoms with Crippen molar-refractivity contribution in [1.82, 2.24) is 9.13 Å². The molecule has 10 rings (SSSR count). The van der Waals surface area contributed by atoms with Gasteiger partial charge in [-0.2, -0.15) is 0 Å². The third kappa shape index (κ3) is 7.48. The van der Waals surface area contributed by atoms with Gasteiger partial charge in [0.2, 0.25) is 0 Å². The van der Waals surface area contributed by atoms with E-state index in [-0.39, 0.29) is 0 Å². The lowest BCUT2D eigenvalue weighted by Gasteiger charge is -2.10. The number of benzene rings is 8. The summed E-state index contributed by atoms with van der Waals surface area (Å²) in [5.74, 6) is 0. The predicted molar refractivity (Wildman–Crippen MR) is 245 cm³/mol. The highest BCUT2D eigenvalue weighted by atomic mass is 15.0. The Balaban J connectivity index is 0.000000213. The summed E-state index contributed by atoms with van der Waals surface area (Å²) in [4.78, 5) is 0. The van der Waals surface area contributed by atoms with Gasteiger partial charge in [-0.25, -0.2) is 0 Å². The molecule has 10 aromatic rings. The van der Waals surface area contributed by atoms with Gasteiger partial charge in [-0.05, 0) is 90.2 Å². The fourth-order valence-electron chi connectivity index (χ4n) is 7.72. The lowest BCUT2D eigenvalue weighted by Crippen LogP contribution is -1.96. The molecule has 0 aliphatic rings. The van der Waals surface area contributed by atoms with Crippen LogP contribution in [0.4, 0.5) is 0 Å². The third-order valence-electron chi connectivity index (χ3n) is 10.5. The first-order chi connectivity index (χ1) is 28.1. The van der Waals surface area contributed by atoms with Crippen LogP contribution < -0.4 is 5.73 Å². The van der Waals surface area contributed by atoms with Gasteiger partial charge >= 0.3 is 0 Å². The first kappa shape index (κ1) is 36.9. The summed E-state index contributed by atoms with van der Waals surface area (Å²) in [5.41, 5.74) is 20.2. The first-order valence-corrected chi connectivity index (χ1v) is 19.9. The first-order valence-electron chi connectivity index (χ1n) is 19.9. The van der Waals surface area contributed by atoms with Crippen LogP contribution in [0.5, 0.6) is 0 Å². The van der Waals surface area contributed by atoms with Gasteiger partial charge in [-0.3, -0.25) is 0 Å². The lowest BCUT2D eigenvalue weighted by molar-refractivity contribution is 1.17. The zero-order valence-electron chi connectivity index (χ0n) is 32.8. The van der Waals surface area contributed by atoms with Crippen molar-refractivity contribution in [3.05, 3.63) is 223 Å². The van der Waals surface area contributed by atoms with Crippen molar-refractivity contribution in [3.8, 4) is 22.5 Å². The number of hydrogen-bond acceptors (Lipinski definition) is 1. The second-order valence-corrected chi connectivity index (χ2v) is 14.1. The SMILES string of the molecule is CC.Cc1ccc(-n2c3ccccc3c3ccc(-c4ccc5c(c4)c4ccccc4n5-c4ccccc4)cc32)cc1.N/C(=C\Cc1ccccc1)c1ccccc1. The van der Waals surface area contributed by atoms with Crippen LogP contribution >= 0.6 is 0 Å². The molecule has 3 nitrogen and oxygen atoms in total. The molecule has 0 atom stereocenters. The summed E-state index contributed by atoms with van der Waals surface area (Å²) in [6.07, 6.45) is 2.94. The lowest BCUT2D eigenvalue weighted by atomic mass is 10.0. The molecule has 8 aromatic carbocycles. The summed E-state index contributed by atoms with van der Waals surface area (Å²) < 4.78 is 4.76. The van der Waals surface area contributed by atoms with Crippen molar-refractivity contribution in [2.45, 2.75) is 27.2 Å². The van der Waals surface area contributed by atoms with Crippen molar-refractivity contribution < 1.29 is 0 Å². The number of aromatic nitrogens is 2. The third-order valence-corrected chi connectivity index (χ3v) is 10.5. The van der Waals surface area contributed by atoms with E-state index in [0.717, 1.165) is 17.7 Å². The second-order valence-electron chi connectivity index (χ2n) is 14.1. The number of nitrogens with two attached hydrogens (primary N) is 1. The Hall–Kier alpha value is -7.10. The molecule has 0 saturated heterocycles. The van der Waals surface area contributed by atoms with Crippen LogP contribution in [0.15, 0.2) is 206 Å². The number of nitrogens with zero attached hydrogens (tertiary/aromatic N) is 2. The number of para-hydroxylation sites is 3. The molecule has 0 amide bonds. The minimum atomic E-state index is 0.837. The van der Waals surface area contributed by atoms with Crippen LogP contribution in [0.1, 0.15) is 30.5 Å². The molecule has 57 heavy (non-hydrogen) atoms. The standard InChI is InChI=1S/C37H26N2.C15H15N.C2H6/c1-25-15-19-29(20-16-25)39-34-13-7-5-11-30(34)32-21-17-27(24-37(32)39)26-18-22-36-33(23-26)31-12-6-8-14-35(31)38(36)28-9-3-2-4-10-28;16-15(14-9-5-2-6-10-14)12-11-13-7-3-1-4-8-13;1-2/h2-24H,1H3;1-10,12H,11,16H2;1-2H3/b;15-12-;. The maximum absolute atomic E-state index is 6.00. The maximum Gasteiger partial charge on any atom is 0.0547 e. The molecule has 0 bridgehead atoms. The average Bonchev–Trinajstić information content (AvgIpc) is 3.80. The second kappa shape index (κ2) is 16.7. The Kier molecular flexibility index (Phi) is 10.8. The van der Waals surface area contributed by atoms with Crippen LogP contribution in [0.25, 0.3) is 71.8 Å². The normalized spacial score (nSPS) is 11.3. The molecule has 0 saturated carbocycles. The van der Waals surface area contributed by atoms with Crippen molar-refractivity contribution in [2.75, 3.05) is 0 Å². The molecule has 0 aliphatic carbocycles. The zero-order valence-corrected chi connectivity index (χ0v) is 32.8. The number of aryl methyl sites for hydroxylation is 1. The van der Waals surface area contributed by atoms with Gasteiger partial charge in [0.1, 0.15) is 0 Å². The highest BCUT2D eigenvalue weighted by molar-refractivity contribution is 6.12. The van der Waals surface area contributed by atoms with Crippen LogP contribution in [0.3, 0.4) is 0 Å². The number of hydrogen-bond donors (Lipinski definition) is 1. The number of allylic oxidation sites excluding steroid dienone is 1. The Morgan fingerprint density at radius 3 is 1.58 bits per heavy atom. The molecule has 0 radical (unpaired) electrons. The van der Waals surface area contributed by atoms with E-state index in [2.05, 4.69) is 174 Å². The molecular formula is C54H47N3. The van der Waals surface area contributed by atoms with E-state index in [1.165, 1.54) is 77.2 Å². The van der Waals surface area contributed by atoms with E-state index in [1.807, 2.05) is 62.4 Å². The molecule has 2 heterocycles. The van der Waals surface area contributed by atoms with Gasteiger partial charge in [0.25, 0.3) is 0 Å². The molecule has 278 valence electrons. The quantitative estimate of drug-likeness (QED) is 0.181. The molecule has 3 heteroatoms. The molecular weight excluding hydrogens is 691 g/mol. The largest absolute Gasteiger partial charge is 0.398 e. The van der Waals surface area contributed by atoms with Crippen LogP contribution in [0.2, 0.25) is 0 Å².